The van der Waals surface area contributed by atoms with Crippen LogP contribution in [0.15, 0.2) is 69.9 Å². The van der Waals surface area contributed by atoms with Crippen LogP contribution in [0.3, 0.4) is 0 Å². The van der Waals surface area contributed by atoms with Crippen molar-refractivity contribution < 1.29 is 22.7 Å². The molecule has 1 saturated carbocycles. The molecular formula is C26H25F3O3. The van der Waals surface area contributed by atoms with Crippen LogP contribution in [-0.4, -0.2) is 5.11 Å². The van der Waals surface area contributed by atoms with Crippen LogP contribution in [0.5, 0.6) is 5.75 Å². The van der Waals surface area contributed by atoms with Gasteiger partial charge in [0.25, 0.3) is 0 Å². The topological polar surface area (TPSA) is 50.4 Å². The molecule has 0 aliphatic heterocycles. The van der Waals surface area contributed by atoms with E-state index in [0.717, 1.165) is 24.5 Å². The molecule has 2 aromatic carbocycles. The normalized spacial score (nSPS) is 16.0. The highest BCUT2D eigenvalue weighted by molar-refractivity contribution is 5.42. The van der Waals surface area contributed by atoms with Crippen LogP contribution in [-0.2, 0) is 12.6 Å². The molecule has 0 spiro atoms. The molecule has 1 N–H and O–H groups in total. The first-order chi connectivity index (χ1) is 15.3. The van der Waals surface area contributed by atoms with E-state index >= 15 is 0 Å². The first kappa shape index (κ1) is 22.2. The monoisotopic (exact) mass is 442 g/mol. The molecule has 0 amide bonds. The fourth-order valence-corrected chi connectivity index (χ4v) is 4.45. The van der Waals surface area contributed by atoms with Gasteiger partial charge in [-0.25, -0.2) is 4.79 Å². The van der Waals surface area contributed by atoms with Gasteiger partial charge in [0.05, 0.1) is 11.1 Å². The molecule has 32 heavy (non-hydrogen) atoms. The molecule has 3 nitrogen and oxygen atoms in total. The second-order valence-corrected chi connectivity index (χ2v) is 8.43. The summed E-state index contributed by atoms with van der Waals surface area (Å²) >= 11 is 0. The van der Waals surface area contributed by atoms with Crippen molar-refractivity contribution in [2.24, 2.45) is 5.92 Å². The lowest BCUT2D eigenvalue weighted by Gasteiger charge is -2.20. The smallest absolute Gasteiger partial charge is 0.416 e. The van der Waals surface area contributed by atoms with Gasteiger partial charge >= 0.3 is 11.8 Å². The maximum absolute atomic E-state index is 13.4. The molecule has 0 saturated heterocycles. The average Bonchev–Trinajstić information content (AvgIpc) is 3.59. The van der Waals surface area contributed by atoms with Crippen molar-refractivity contribution >= 4 is 0 Å². The quantitative estimate of drug-likeness (QED) is 0.446. The molecule has 0 radical (unpaired) electrons. The SMILES string of the molecule is CCC(Cc1ccccc1C(F)(F)F)c1cc(O)c(C(c2ccccc2)C2CC2)c(=O)o1. The van der Waals surface area contributed by atoms with Crippen molar-refractivity contribution in [3.05, 3.63) is 99.1 Å². The minimum Gasteiger partial charge on any atom is -0.507 e. The number of halogens is 3. The average molecular weight is 442 g/mol. The maximum atomic E-state index is 13.4. The lowest BCUT2D eigenvalue weighted by atomic mass is 9.86. The van der Waals surface area contributed by atoms with Crippen molar-refractivity contribution in [3.8, 4) is 5.75 Å². The van der Waals surface area contributed by atoms with Gasteiger partial charge in [0, 0.05) is 17.9 Å². The van der Waals surface area contributed by atoms with Crippen molar-refractivity contribution in [3.63, 3.8) is 0 Å². The van der Waals surface area contributed by atoms with E-state index in [0.29, 0.717) is 6.42 Å². The van der Waals surface area contributed by atoms with E-state index in [4.69, 9.17) is 4.42 Å². The highest BCUT2D eigenvalue weighted by Crippen LogP contribution is 2.47. The summed E-state index contributed by atoms with van der Waals surface area (Å²) in [6.07, 6.45) is -2.02. The van der Waals surface area contributed by atoms with Crippen molar-refractivity contribution in [1.82, 2.24) is 0 Å². The van der Waals surface area contributed by atoms with Crippen molar-refractivity contribution in [1.29, 1.82) is 0 Å². The zero-order valence-electron chi connectivity index (χ0n) is 17.7. The predicted molar refractivity (Wildman–Crippen MR) is 116 cm³/mol. The Morgan fingerprint density at radius 3 is 2.31 bits per heavy atom. The summed E-state index contributed by atoms with van der Waals surface area (Å²) < 4.78 is 45.8. The number of benzene rings is 2. The van der Waals surface area contributed by atoms with Crippen LogP contribution in [0.2, 0.25) is 0 Å². The first-order valence-corrected chi connectivity index (χ1v) is 10.9. The minimum atomic E-state index is -4.46. The number of hydrogen-bond acceptors (Lipinski definition) is 3. The minimum absolute atomic E-state index is 0.0542. The molecule has 6 heteroatoms. The molecule has 2 atom stereocenters. The van der Waals surface area contributed by atoms with E-state index in [2.05, 4.69) is 0 Å². The fourth-order valence-electron chi connectivity index (χ4n) is 4.45. The van der Waals surface area contributed by atoms with E-state index in [-0.39, 0.29) is 40.9 Å². The van der Waals surface area contributed by atoms with Gasteiger partial charge in [-0.2, -0.15) is 13.2 Å². The Kier molecular flexibility index (Phi) is 6.13. The molecule has 4 rings (SSSR count). The van der Waals surface area contributed by atoms with Crippen LogP contribution in [0.1, 0.15) is 66.0 Å². The van der Waals surface area contributed by atoms with Crippen LogP contribution in [0, 0.1) is 5.92 Å². The molecule has 1 heterocycles. The van der Waals surface area contributed by atoms with Crippen LogP contribution in [0.4, 0.5) is 13.2 Å². The summed E-state index contributed by atoms with van der Waals surface area (Å²) in [7, 11) is 0. The lowest BCUT2D eigenvalue weighted by molar-refractivity contribution is -0.138. The first-order valence-electron chi connectivity index (χ1n) is 10.9. The third-order valence-electron chi connectivity index (χ3n) is 6.23. The summed E-state index contributed by atoms with van der Waals surface area (Å²) in [4.78, 5) is 13.0. The Hall–Kier alpha value is -3.02. The Morgan fingerprint density at radius 2 is 1.72 bits per heavy atom. The van der Waals surface area contributed by atoms with Gasteiger partial charge in [-0.3, -0.25) is 0 Å². The molecular weight excluding hydrogens is 417 g/mol. The number of alkyl halides is 3. The van der Waals surface area contributed by atoms with Gasteiger partial charge in [-0.1, -0.05) is 55.5 Å². The Labute approximate surface area is 184 Å². The van der Waals surface area contributed by atoms with Gasteiger partial charge in [0.1, 0.15) is 11.5 Å². The number of hydrogen-bond donors (Lipinski definition) is 1. The molecule has 0 bridgehead atoms. The third-order valence-corrected chi connectivity index (χ3v) is 6.23. The maximum Gasteiger partial charge on any atom is 0.416 e. The van der Waals surface area contributed by atoms with Crippen LogP contribution >= 0.6 is 0 Å². The highest BCUT2D eigenvalue weighted by atomic mass is 19.4. The summed E-state index contributed by atoms with van der Waals surface area (Å²) in [6.45, 7) is 1.82. The van der Waals surface area contributed by atoms with E-state index < -0.39 is 23.3 Å². The standard InChI is InChI=1S/C26H25F3O3/c1-2-16(14-19-10-6-7-11-20(19)26(27,28)29)22-15-21(30)24(25(31)32-22)23(18-12-13-18)17-8-4-3-5-9-17/h3-11,15-16,18,23,30H,2,12-14H2,1H3. The fraction of sp³-hybridized carbons (Fsp3) is 0.346. The van der Waals surface area contributed by atoms with Gasteiger partial charge in [0.15, 0.2) is 0 Å². The molecule has 1 aromatic heterocycles. The highest BCUT2D eigenvalue weighted by Gasteiger charge is 2.38. The van der Waals surface area contributed by atoms with Gasteiger partial charge in [-0.15, -0.1) is 0 Å². The van der Waals surface area contributed by atoms with Crippen molar-refractivity contribution in [2.45, 2.75) is 50.6 Å². The Morgan fingerprint density at radius 1 is 1.06 bits per heavy atom. The predicted octanol–water partition coefficient (Wildman–Crippen LogP) is 6.64. The van der Waals surface area contributed by atoms with E-state index in [1.165, 1.54) is 18.2 Å². The van der Waals surface area contributed by atoms with Gasteiger partial charge in [-0.05, 0) is 48.8 Å². The second-order valence-electron chi connectivity index (χ2n) is 8.43. The molecule has 3 aromatic rings. The summed E-state index contributed by atoms with van der Waals surface area (Å²) in [5.41, 5.74) is -0.00878. The summed E-state index contributed by atoms with van der Waals surface area (Å²) in [6, 6.07) is 16.4. The van der Waals surface area contributed by atoms with Gasteiger partial charge in [0.2, 0.25) is 0 Å². The Balaban J connectivity index is 1.69. The largest absolute Gasteiger partial charge is 0.507 e. The zero-order chi connectivity index (χ0) is 22.9. The zero-order valence-corrected chi connectivity index (χ0v) is 17.7. The van der Waals surface area contributed by atoms with Crippen LogP contribution < -0.4 is 5.63 Å². The van der Waals surface area contributed by atoms with E-state index in [1.807, 2.05) is 37.3 Å². The number of aromatic hydroxyl groups is 1. The third kappa shape index (κ3) is 4.59. The molecule has 1 aliphatic rings. The number of rotatable bonds is 7. The summed E-state index contributed by atoms with van der Waals surface area (Å²) in [5, 5.41) is 10.8. The second kappa shape index (κ2) is 8.85. The molecule has 2 unspecified atom stereocenters. The molecule has 168 valence electrons. The molecule has 1 fully saturated rings. The van der Waals surface area contributed by atoms with Gasteiger partial charge < -0.3 is 9.52 Å². The van der Waals surface area contributed by atoms with Crippen molar-refractivity contribution in [2.75, 3.05) is 0 Å². The van der Waals surface area contributed by atoms with Crippen LogP contribution in [0.25, 0.3) is 0 Å². The Bertz CT molecular complexity index is 1130. The lowest BCUT2D eigenvalue weighted by Crippen LogP contribution is -2.18. The molecule has 1 aliphatic carbocycles. The summed E-state index contributed by atoms with van der Waals surface area (Å²) in [5.74, 6) is -0.412. The van der Waals surface area contributed by atoms with E-state index in [9.17, 15) is 23.1 Å². The van der Waals surface area contributed by atoms with E-state index in [1.54, 1.807) is 6.07 Å².